The Bertz CT molecular complexity index is 1710. The van der Waals surface area contributed by atoms with E-state index in [2.05, 4.69) is 134 Å². The van der Waals surface area contributed by atoms with Crippen LogP contribution in [0.4, 0.5) is 0 Å². The molecule has 0 aromatic heterocycles. The van der Waals surface area contributed by atoms with Crippen molar-refractivity contribution in [3.05, 3.63) is 172 Å². The first-order valence-corrected chi connectivity index (χ1v) is 16.9. The highest BCUT2D eigenvalue weighted by molar-refractivity contribution is 5.59. The van der Waals surface area contributed by atoms with Gasteiger partial charge in [0.25, 0.3) is 0 Å². The Morgan fingerprint density at radius 2 is 1.68 bits per heavy atom. The second-order valence-electron chi connectivity index (χ2n) is 13.3. The molecule has 0 saturated carbocycles. The van der Waals surface area contributed by atoms with Gasteiger partial charge in [-0.25, -0.2) is 0 Å². The van der Waals surface area contributed by atoms with Crippen LogP contribution >= 0.6 is 0 Å². The molecule has 1 heterocycles. The third-order valence-electron chi connectivity index (χ3n) is 10.9. The van der Waals surface area contributed by atoms with E-state index in [-0.39, 0.29) is 0 Å². The van der Waals surface area contributed by atoms with Crippen LogP contribution in [0.1, 0.15) is 79.9 Å². The number of fused-ring (bicyclic) bond motifs is 4. The van der Waals surface area contributed by atoms with Gasteiger partial charge in [0.2, 0.25) is 0 Å². The van der Waals surface area contributed by atoms with E-state index in [0.29, 0.717) is 35.5 Å². The normalized spacial score (nSPS) is 28.8. The van der Waals surface area contributed by atoms with Gasteiger partial charge in [0.1, 0.15) is 11.5 Å². The summed E-state index contributed by atoms with van der Waals surface area (Å²) in [6.45, 7) is 2.36. The quantitative estimate of drug-likeness (QED) is 0.312. The van der Waals surface area contributed by atoms with Crippen molar-refractivity contribution in [2.45, 2.75) is 63.2 Å². The minimum absolute atomic E-state index is 0.390. The molecule has 1 aliphatic heterocycles. The average Bonchev–Trinajstić information content (AvgIpc) is 3.48. The lowest BCUT2D eigenvalue weighted by Crippen LogP contribution is -2.19. The van der Waals surface area contributed by atoms with Gasteiger partial charge in [-0.1, -0.05) is 128 Å². The van der Waals surface area contributed by atoms with Crippen LogP contribution in [0.5, 0.6) is 5.75 Å². The summed E-state index contributed by atoms with van der Waals surface area (Å²) in [6.07, 6.45) is 37.4. The van der Waals surface area contributed by atoms with Crippen molar-refractivity contribution in [1.29, 1.82) is 0 Å². The molecule has 6 aliphatic rings. The van der Waals surface area contributed by atoms with Gasteiger partial charge in [0, 0.05) is 29.2 Å². The van der Waals surface area contributed by atoms with Crippen molar-refractivity contribution in [3.8, 4) is 5.75 Å². The lowest BCUT2D eigenvalue weighted by Gasteiger charge is -2.31. The van der Waals surface area contributed by atoms with Crippen molar-refractivity contribution >= 4 is 0 Å². The predicted octanol–water partition coefficient (Wildman–Crippen LogP) is 11.1. The third-order valence-corrected chi connectivity index (χ3v) is 10.9. The van der Waals surface area contributed by atoms with Crippen LogP contribution in [0.15, 0.2) is 156 Å². The Kier molecular flexibility index (Phi) is 7.34. The summed E-state index contributed by atoms with van der Waals surface area (Å²) in [5, 5.41) is 0. The summed E-state index contributed by atoms with van der Waals surface area (Å²) < 4.78 is 6.44. The molecule has 0 spiro atoms. The Labute approximate surface area is 263 Å². The molecule has 44 heavy (non-hydrogen) atoms. The van der Waals surface area contributed by atoms with Crippen LogP contribution in [-0.4, -0.2) is 0 Å². The fourth-order valence-electron chi connectivity index (χ4n) is 8.45. The zero-order valence-electron chi connectivity index (χ0n) is 25.7. The van der Waals surface area contributed by atoms with Crippen LogP contribution in [0, 0.1) is 17.8 Å². The number of allylic oxidation sites excluding steroid dienone is 18. The molecule has 0 saturated heterocycles. The highest BCUT2D eigenvalue weighted by atomic mass is 16.5. The molecule has 0 radical (unpaired) electrons. The highest BCUT2D eigenvalue weighted by Crippen LogP contribution is 2.49. The van der Waals surface area contributed by atoms with Crippen LogP contribution < -0.4 is 4.74 Å². The Balaban J connectivity index is 0.937. The molecule has 0 bridgehead atoms. The second-order valence-corrected chi connectivity index (χ2v) is 13.3. The maximum atomic E-state index is 6.44. The number of benzene rings is 2. The maximum Gasteiger partial charge on any atom is 0.130 e. The van der Waals surface area contributed by atoms with Crippen molar-refractivity contribution in [1.82, 2.24) is 0 Å². The maximum absolute atomic E-state index is 6.44. The highest BCUT2D eigenvalue weighted by Gasteiger charge is 2.35. The molecule has 6 atom stereocenters. The Morgan fingerprint density at radius 1 is 0.773 bits per heavy atom. The van der Waals surface area contributed by atoms with Gasteiger partial charge in [-0.3, -0.25) is 0 Å². The van der Waals surface area contributed by atoms with E-state index < -0.39 is 0 Å². The zero-order valence-corrected chi connectivity index (χ0v) is 25.7. The molecule has 220 valence electrons. The number of rotatable bonds is 6. The van der Waals surface area contributed by atoms with Gasteiger partial charge in [-0.15, -0.1) is 0 Å². The summed E-state index contributed by atoms with van der Waals surface area (Å²) >= 11 is 0. The van der Waals surface area contributed by atoms with Crippen molar-refractivity contribution in [3.63, 3.8) is 0 Å². The van der Waals surface area contributed by atoms with Crippen molar-refractivity contribution in [2.75, 3.05) is 0 Å². The van der Waals surface area contributed by atoms with Crippen LogP contribution in [0.3, 0.4) is 0 Å². The van der Waals surface area contributed by atoms with Crippen LogP contribution in [-0.2, 0) is 0 Å². The summed E-state index contributed by atoms with van der Waals surface area (Å²) in [5.41, 5.74) is 9.90. The first-order chi connectivity index (χ1) is 21.8. The number of hydrogen-bond acceptors (Lipinski definition) is 1. The molecule has 5 aliphatic carbocycles. The summed E-state index contributed by atoms with van der Waals surface area (Å²) in [4.78, 5) is 0. The summed E-state index contributed by atoms with van der Waals surface area (Å²) in [7, 11) is 0. The predicted molar refractivity (Wildman–Crippen MR) is 183 cm³/mol. The SMILES string of the molecule is CCC(c1ccc(C2C=CC(C3=CC=CC4CC=CC=C34)=CC2)cc1)C1C=CC(C2=C3Oc4ccccc4C3CC=C2)CC1. The molecule has 8 rings (SSSR count). The van der Waals surface area contributed by atoms with Crippen molar-refractivity contribution in [2.24, 2.45) is 17.8 Å². The molecule has 2 aromatic rings. The van der Waals surface area contributed by atoms with Gasteiger partial charge in [0.15, 0.2) is 0 Å². The van der Waals surface area contributed by atoms with Gasteiger partial charge >= 0.3 is 0 Å². The summed E-state index contributed by atoms with van der Waals surface area (Å²) in [5.74, 6) is 5.21. The van der Waals surface area contributed by atoms with Gasteiger partial charge in [-0.2, -0.15) is 0 Å². The molecular formula is C43H42O. The van der Waals surface area contributed by atoms with E-state index in [0.717, 1.165) is 25.0 Å². The molecule has 0 amide bonds. The van der Waals surface area contributed by atoms with Gasteiger partial charge in [0.05, 0.1) is 0 Å². The molecule has 1 heteroatoms. The molecule has 6 unspecified atom stereocenters. The Morgan fingerprint density at radius 3 is 2.50 bits per heavy atom. The fraction of sp³-hybridized carbons (Fsp3) is 0.302. The van der Waals surface area contributed by atoms with Crippen LogP contribution in [0.2, 0.25) is 0 Å². The molecule has 2 aromatic carbocycles. The minimum atomic E-state index is 0.390. The molecule has 0 fully saturated rings. The van der Waals surface area contributed by atoms with E-state index >= 15 is 0 Å². The van der Waals surface area contributed by atoms with E-state index in [1.807, 2.05) is 0 Å². The lowest BCUT2D eigenvalue weighted by molar-refractivity contribution is 0.386. The zero-order chi connectivity index (χ0) is 29.5. The fourth-order valence-corrected chi connectivity index (χ4v) is 8.45. The first kappa shape index (κ1) is 27.4. The monoisotopic (exact) mass is 574 g/mol. The summed E-state index contributed by atoms with van der Waals surface area (Å²) in [6, 6.07) is 18.2. The average molecular weight is 575 g/mol. The van der Waals surface area contributed by atoms with E-state index in [4.69, 9.17) is 4.74 Å². The third kappa shape index (κ3) is 4.97. The van der Waals surface area contributed by atoms with Gasteiger partial charge in [-0.05, 0) is 89.8 Å². The minimum Gasteiger partial charge on any atom is -0.460 e. The van der Waals surface area contributed by atoms with Crippen molar-refractivity contribution < 1.29 is 4.74 Å². The van der Waals surface area contributed by atoms with Crippen LogP contribution in [0.25, 0.3) is 0 Å². The van der Waals surface area contributed by atoms with E-state index in [1.165, 1.54) is 64.0 Å². The first-order valence-electron chi connectivity index (χ1n) is 16.9. The van der Waals surface area contributed by atoms with E-state index in [1.54, 1.807) is 0 Å². The molecule has 0 N–H and O–H groups in total. The number of ether oxygens (including phenoxy) is 1. The number of para-hydroxylation sites is 1. The van der Waals surface area contributed by atoms with Gasteiger partial charge < -0.3 is 4.74 Å². The Hall–Kier alpha value is -4.10. The lowest BCUT2D eigenvalue weighted by atomic mass is 9.73. The molecular weight excluding hydrogens is 532 g/mol. The molecule has 1 nitrogen and oxygen atoms in total. The van der Waals surface area contributed by atoms with E-state index in [9.17, 15) is 0 Å². The largest absolute Gasteiger partial charge is 0.460 e. The topological polar surface area (TPSA) is 9.23 Å². The standard InChI is InChI=1S/C43H42O/c1-2-36(33-25-27-35(28-26-33)39-14-8-15-41-40-12-5-6-16-42(40)44-43(39)41)32-21-17-29(18-22-32)30-19-23-34(24-20-30)38-13-7-10-31-9-3-4-11-37(31)38/h3-8,10-14,16-19,21-25,27,30-31,33,35-36,41H,2,9,15,20,26,28H2,1H3. The second kappa shape index (κ2) is 11.8. The number of hydrogen-bond donors (Lipinski definition) is 0. The smallest absolute Gasteiger partial charge is 0.130 e.